The van der Waals surface area contributed by atoms with E-state index in [0.29, 0.717) is 12.8 Å². The van der Waals surface area contributed by atoms with Crippen molar-refractivity contribution in [2.24, 2.45) is 0 Å². The van der Waals surface area contributed by atoms with E-state index < -0.39 is 12.1 Å². The summed E-state index contributed by atoms with van der Waals surface area (Å²) in [5, 5.41) is 9.53. The molecule has 1 unspecified atom stereocenters. The number of carbonyl (C=O) groups is 2. The summed E-state index contributed by atoms with van der Waals surface area (Å²) in [6.45, 7) is 3.89. The second-order valence-electron chi connectivity index (χ2n) is 11.9. The van der Waals surface area contributed by atoms with E-state index in [4.69, 9.17) is 9.47 Å². The number of hydrogen-bond acceptors (Lipinski definition) is 5. The van der Waals surface area contributed by atoms with Gasteiger partial charge in [-0.15, -0.1) is 0 Å². The number of allylic oxidation sites excluding steroid dienone is 16. The zero-order valence-electron chi connectivity index (χ0n) is 30.5. The van der Waals surface area contributed by atoms with E-state index in [0.717, 1.165) is 77.0 Å². The molecule has 0 aromatic heterocycles. The van der Waals surface area contributed by atoms with E-state index in [1.54, 1.807) is 0 Å². The minimum atomic E-state index is -0.823. The molecular formula is C43H68O5. The maximum Gasteiger partial charge on any atom is 0.306 e. The molecule has 0 rings (SSSR count). The minimum absolute atomic E-state index is 0.110. The first kappa shape index (κ1) is 44.8. The van der Waals surface area contributed by atoms with Crippen molar-refractivity contribution in [3.05, 3.63) is 97.2 Å². The third kappa shape index (κ3) is 35.7. The van der Waals surface area contributed by atoms with Crippen LogP contribution in [0.3, 0.4) is 0 Å². The summed E-state index contributed by atoms with van der Waals surface area (Å²) in [5.74, 6) is -0.716. The average molecular weight is 665 g/mol. The number of aliphatic hydroxyl groups excluding tert-OH is 1. The van der Waals surface area contributed by atoms with Crippen LogP contribution in [0, 0.1) is 0 Å². The van der Waals surface area contributed by atoms with Gasteiger partial charge in [0, 0.05) is 12.8 Å². The molecule has 0 bridgehead atoms. The first-order valence-corrected chi connectivity index (χ1v) is 18.8. The van der Waals surface area contributed by atoms with Crippen molar-refractivity contribution in [3.8, 4) is 0 Å². The largest absolute Gasteiger partial charge is 0.462 e. The molecule has 1 N–H and O–H groups in total. The summed E-state index contributed by atoms with van der Waals surface area (Å²) in [6, 6.07) is 0. The zero-order chi connectivity index (χ0) is 35.0. The van der Waals surface area contributed by atoms with E-state index in [1.165, 1.54) is 32.1 Å². The quantitative estimate of drug-likeness (QED) is 0.0440. The zero-order valence-corrected chi connectivity index (χ0v) is 30.5. The standard InChI is InChI=1S/C43H68O5/c1-3-5-7-9-11-13-15-17-19-20-21-22-24-26-28-30-32-34-36-38-43(46)48-41(39-44)40-47-42(45)37-35-33-31-29-27-25-23-18-16-14-12-10-8-6-4-2/h5,7,11-14,17-19,21-23,26,28,32,34,41,44H,3-4,6,8-10,15-16,20,24-25,27,29-31,33,35-40H2,1-2H3. The lowest BCUT2D eigenvalue weighted by molar-refractivity contribution is -0.161. The smallest absolute Gasteiger partial charge is 0.306 e. The van der Waals surface area contributed by atoms with Crippen LogP contribution in [0.4, 0.5) is 0 Å². The second kappa shape index (κ2) is 38.3. The fourth-order valence-electron chi connectivity index (χ4n) is 4.55. The van der Waals surface area contributed by atoms with Crippen molar-refractivity contribution in [1.82, 2.24) is 0 Å². The molecule has 5 nitrogen and oxygen atoms in total. The number of rotatable bonds is 32. The van der Waals surface area contributed by atoms with E-state index in [-0.39, 0.29) is 25.6 Å². The number of aliphatic hydroxyl groups is 1. The van der Waals surface area contributed by atoms with Gasteiger partial charge in [-0.05, 0) is 83.5 Å². The van der Waals surface area contributed by atoms with Crippen molar-refractivity contribution in [2.75, 3.05) is 13.2 Å². The summed E-state index contributed by atoms with van der Waals surface area (Å²) < 4.78 is 10.5. The summed E-state index contributed by atoms with van der Waals surface area (Å²) in [5.41, 5.74) is 0. The van der Waals surface area contributed by atoms with Crippen LogP contribution in [0.15, 0.2) is 97.2 Å². The Morgan fingerprint density at radius 2 is 0.938 bits per heavy atom. The summed E-state index contributed by atoms with van der Waals surface area (Å²) >= 11 is 0. The first-order chi connectivity index (χ1) is 23.6. The van der Waals surface area contributed by atoms with Gasteiger partial charge in [0.05, 0.1) is 6.61 Å². The fourth-order valence-corrected chi connectivity index (χ4v) is 4.55. The third-order valence-corrected chi connectivity index (χ3v) is 7.38. The molecular weight excluding hydrogens is 596 g/mol. The highest BCUT2D eigenvalue weighted by Crippen LogP contribution is 2.09. The van der Waals surface area contributed by atoms with Crippen molar-refractivity contribution >= 4 is 11.9 Å². The van der Waals surface area contributed by atoms with Gasteiger partial charge in [0.15, 0.2) is 6.10 Å². The van der Waals surface area contributed by atoms with Crippen molar-refractivity contribution in [3.63, 3.8) is 0 Å². The molecule has 0 radical (unpaired) electrons. The number of hydrogen-bond donors (Lipinski definition) is 1. The maximum absolute atomic E-state index is 12.1. The van der Waals surface area contributed by atoms with E-state index >= 15 is 0 Å². The van der Waals surface area contributed by atoms with Gasteiger partial charge in [0.25, 0.3) is 0 Å². The molecule has 0 spiro atoms. The van der Waals surface area contributed by atoms with Gasteiger partial charge in [-0.2, -0.15) is 0 Å². The molecule has 270 valence electrons. The van der Waals surface area contributed by atoms with Crippen molar-refractivity contribution < 1.29 is 24.2 Å². The highest BCUT2D eigenvalue weighted by Gasteiger charge is 2.15. The molecule has 0 aliphatic rings. The second-order valence-corrected chi connectivity index (χ2v) is 11.9. The molecule has 0 fully saturated rings. The predicted molar refractivity (Wildman–Crippen MR) is 205 cm³/mol. The Hall–Kier alpha value is -3.18. The summed E-state index contributed by atoms with van der Waals surface area (Å²) in [4.78, 5) is 24.2. The molecule has 0 saturated heterocycles. The van der Waals surface area contributed by atoms with Gasteiger partial charge in [0.2, 0.25) is 0 Å². The number of esters is 2. The summed E-state index contributed by atoms with van der Waals surface area (Å²) in [6.07, 6.45) is 53.3. The lowest BCUT2D eigenvalue weighted by atomic mass is 10.1. The molecule has 0 aromatic carbocycles. The molecule has 0 aromatic rings. The molecule has 0 heterocycles. The number of carbonyl (C=O) groups excluding carboxylic acids is 2. The van der Waals surface area contributed by atoms with Gasteiger partial charge < -0.3 is 14.6 Å². The van der Waals surface area contributed by atoms with Crippen LogP contribution in [0.1, 0.15) is 142 Å². The van der Waals surface area contributed by atoms with Crippen molar-refractivity contribution in [2.45, 2.75) is 148 Å². The Balaban J connectivity index is 3.77. The minimum Gasteiger partial charge on any atom is -0.462 e. The molecule has 0 aliphatic heterocycles. The van der Waals surface area contributed by atoms with Crippen LogP contribution in [0.5, 0.6) is 0 Å². The molecule has 0 amide bonds. The Morgan fingerprint density at radius 1 is 0.500 bits per heavy atom. The molecule has 1 atom stereocenters. The number of unbranched alkanes of at least 4 members (excludes halogenated alkanes) is 8. The van der Waals surface area contributed by atoms with E-state index in [9.17, 15) is 14.7 Å². The fraction of sp³-hybridized carbons (Fsp3) is 0.581. The van der Waals surface area contributed by atoms with Gasteiger partial charge in [-0.25, -0.2) is 0 Å². The van der Waals surface area contributed by atoms with Crippen LogP contribution in [-0.4, -0.2) is 36.4 Å². The van der Waals surface area contributed by atoms with E-state index in [1.807, 2.05) is 12.2 Å². The van der Waals surface area contributed by atoms with Crippen molar-refractivity contribution in [1.29, 1.82) is 0 Å². The third-order valence-electron chi connectivity index (χ3n) is 7.38. The van der Waals surface area contributed by atoms with Gasteiger partial charge >= 0.3 is 11.9 Å². The average Bonchev–Trinajstić information content (AvgIpc) is 3.09. The molecule has 5 heteroatoms. The van der Waals surface area contributed by atoms with Crippen LogP contribution >= 0.6 is 0 Å². The first-order valence-electron chi connectivity index (χ1n) is 18.8. The Kier molecular flexibility index (Phi) is 35.7. The normalized spacial score (nSPS) is 13.3. The lowest BCUT2D eigenvalue weighted by Crippen LogP contribution is -2.28. The molecule has 0 saturated carbocycles. The Labute approximate surface area is 294 Å². The van der Waals surface area contributed by atoms with Crippen LogP contribution in [0.25, 0.3) is 0 Å². The van der Waals surface area contributed by atoms with E-state index in [2.05, 4.69) is 98.9 Å². The lowest BCUT2D eigenvalue weighted by Gasteiger charge is -2.15. The topological polar surface area (TPSA) is 72.8 Å². The Morgan fingerprint density at radius 3 is 1.44 bits per heavy atom. The summed E-state index contributed by atoms with van der Waals surface area (Å²) in [7, 11) is 0. The highest BCUT2D eigenvalue weighted by molar-refractivity contribution is 5.70. The number of ether oxygens (including phenoxy) is 2. The monoisotopic (exact) mass is 665 g/mol. The predicted octanol–water partition coefficient (Wildman–Crippen LogP) is 11.7. The molecule has 48 heavy (non-hydrogen) atoms. The van der Waals surface area contributed by atoms with Gasteiger partial charge in [0.1, 0.15) is 6.61 Å². The van der Waals surface area contributed by atoms with Gasteiger partial charge in [-0.3, -0.25) is 9.59 Å². The van der Waals surface area contributed by atoms with Crippen LogP contribution in [0.2, 0.25) is 0 Å². The SMILES string of the molecule is CCC=CCC=CCC=CCC=CCC=CCC=CCCC(=O)OC(CO)COC(=O)CCCCCCCC=CCC=CCCCCC. The Bertz CT molecular complexity index is 979. The highest BCUT2D eigenvalue weighted by atomic mass is 16.6. The molecule has 0 aliphatic carbocycles. The maximum atomic E-state index is 12.1. The van der Waals surface area contributed by atoms with Gasteiger partial charge in [-0.1, -0.05) is 143 Å². The van der Waals surface area contributed by atoms with Crippen LogP contribution in [-0.2, 0) is 19.1 Å². The van der Waals surface area contributed by atoms with Crippen LogP contribution < -0.4 is 0 Å².